The maximum absolute atomic E-state index is 2.34. The molecule has 1 rings (SSSR count). The van der Waals surface area contributed by atoms with E-state index in [1.807, 2.05) is 0 Å². The molecule has 0 bridgehead atoms. The Morgan fingerprint density at radius 1 is 0.833 bits per heavy atom. The standard InChI is InChI=1S/C18H30/c1-13(2)11-15-9-8-10-16(12-14(3)4)17(15)18(5,6)7/h8-10,13-14H,11-12H2,1-7H3. The summed E-state index contributed by atoms with van der Waals surface area (Å²) in [4.78, 5) is 0. The molecule has 0 aliphatic heterocycles. The Kier molecular flexibility index (Phi) is 5.01. The summed E-state index contributed by atoms with van der Waals surface area (Å²) in [6.07, 6.45) is 2.39. The SMILES string of the molecule is CC(C)Cc1cccc(CC(C)C)c1C(C)(C)C. The van der Waals surface area contributed by atoms with Crippen LogP contribution in [0.2, 0.25) is 0 Å². The van der Waals surface area contributed by atoms with Crippen molar-refractivity contribution in [3.8, 4) is 0 Å². The van der Waals surface area contributed by atoms with Crippen LogP contribution in [0.3, 0.4) is 0 Å². The molecule has 1 aromatic rings. The van der Waals surface area contributed by atoms with E-state index in [4.69, 9.17) is 0 Å². The van der Waals surface area contributed by atoms with E-state index in [0.29, 0.717) is 0 Å². The second kappa shape index (κ2) is 5.91. The van der Waals surface area contributed by atoms with Crippen LogP contribution in [0.25, 0.3) is 0 Å². The third-order valence-corrected chi connectivity index (χ3v) is 3.24. The fourth-order valence-electron chi connectivity index (χ4n) is 2.84. The predicted octanol–water partition coefficient (Wildman–Crippen LogP) is 5.38. The molecule has 0 aliphatic rings. The lowest BCUT2D eigenvalue weighted by Gasteiger charge is -2.28. The Morgan fingerprint density at radius 2 is 1.22 bits per heavy atom. The number of rotatable bonds is 4. The Morgan fingerprint density at radius 3 is 1.50 bits per heavy atom. The van der Waals surface area contributed by atoms with Crippen LogP contribution in [0.5, 0.6) is 0 Å². The average Bonchev–Trinajstić information content (AvgIpc) is 2.13. The predicted molar refractivity (Wildman–Crippen MR) is 82.2 cm³/mol. The van der Waals surface area contributed by atoms with E-state index in [0.717, 1.165) is 11.8 Å². The molecule has 0 nitrogen and oxygen atoms in total. The third kappa shape index (κ3) is 4.15. The van der Waals surface area contributed by atoms with Gasteiger partial charge in [-0.05, 0) is 46.8 Å². The maximum atomic E-state index is 2.34. The van der Waals surface area contributed by atoms with Crippen LogP contribution < -0.4 is 0 Å². The van der Waals surface area contributed by atoms with Crippen molar-refractivity contribution in [3.05, 3.63) is 34.9 Å². The van der Waals surface area contributed by atoms with E-state index >= 15 is 0 Å². The molecule has 0 heterocycles. The van der Waals surface area contributed by atoms with E-state index < -0.39 is 0 Å². The quantitative estimate of drug-likeness (QED) is 0.669. The lowest BCUT2D eigenvalue weighted by atomic mass is 9.77. The molecule has 0 amide bonds. The molecule has 0 heteroatoms. The van der Waals surface area contributed by atoms with Crippen LogP contribution in [0, 0.1) is 11.8 Å². The van der Waals surface area contributed by atoms with Crippen LogP contribution >= 0.6 is 0 Å². The molecule has 1 aromatic carbocycles. The third-order valence-electron chi connectivity index (χ3n) is 3.24. The van der Waals surface area contributed by atoms with E-state index in [-0.39, 0.29) is 5.41 Å². The largest absolute Gasteiger partial charge is 0.0625 e. The number of benzene rings is 1. The van der Waals surface area contributed by atoms with Gasteiger partial charge in [0.25, 0.3) is 0 Å². The molecule has 0 fully saturated rings. The molecular weight excluding hydrogens is 216 g/mol. The van der Waals surface area contributed by atoms with Crippen molar-refractivity contribution >= 4 is 0 Å². The van der Waals surface area contributed by atoms with E-state index in [1.54, 1.807) is 16.7 Å². The maximum Gasteiger partial charge on any atom is -0.0126 e. The van der Waals surface area contributed by atoms with Gasteiger partial charge in [0, 0.05) is 0 Å². The lowest BCUT2D eigenvalue weighted by Crippen LogP contribution is -2.19. The minimum Gasteiger partial charge on any atom is -0.0625 e. The van der Waals surface area contributed by atoms with Crippen molar-refractivity contribution in [3.63, 3.8) is 0 Å². The van der Waals surface area contributed by atoms with Crippen LogP contribution in [-0.4, -0.2) is 0 Å². The molecule has 18 heavy (non-hydrogen) atoms. The zero-order chi connectivity index (χ0) is 13.9. The van der Waals surface area contributed by atoms with Crippen molar-refractivity contribution in [2.24, 2.45) is 11.8 Å². The zero-order valence-electron chi connectivity index (χ0n) is 13.3. The first-order valence-electron chi connectivity index (χ1n) is 7.33. The van der Waals surface area contributed by atoms with Crippen molar-refractivity contribution in [1.82, 2.24) is 0 Å². The first-order chi connectivity index (χ1) is 8.21. The Bertz CT molecular complexity index is 349. The summed E-state index contributed by atoms with van der Waals surface area (Å²) in [5.74, 6) is 1.45. The highest BCUT2D eigenvalue weighted by Gasteiger charge is 2.22. The van der Waals surface area contributed by atoms with E-state index in [9.17, 15) is 0 Å². The molecule has 0 aromatic heterocycles. The fourth-order valence-corrected chi connectivity index (χ4v) is 2.84. The smallest absolute Gasteiger partial charge is 0.0126 e. The molecule has 0 spiro atoms. The van der Waals surface area contributed by atoms with Crippen molar-refractivity contribution in [1.29, 1.82) is 0 Å². The fraction of sp³-hybridized carbons (Fsp3) is 0.667. The highest BCUT2D eigenvalue weighted by atomic mass is 14.3. The first-order valence-corrected chi connectivity index (χ1v) is 7.33. The summed E-state index contributed by atoms with van der Waals surface area (Å²) in [7, 11) is 0. The van der Waals surface area contributed by atoms with Crippen molar-refractivity contribution in [2.75, 3.05) is 0 Å². The van der Waals surface area contributed by atoms with Gasteiger partial charge in [-0.1, -0.05) is 66.7 Å². The van der Waals surface area contributed by atoms with Gasteiger partial charge in [0.15, 0.2) is 0 Å². The Hall–Kier alpha value is -0.780. The van der Waals surface area contributed by atoms with Gasteiger partial charge in [-0.15, -0.1) is 0 Å². The molecule has 0 aliphatic carbocycles. The normalized spacial score (nSPS) is 12.5. The first kappa shape index (κ1) is 15.3. The molecule has 0 unspecified atom stereocenters. The summed E-state index contributed by atoms with van der Waals surface area (Å²) in [5, 5.41) is 0. The van der Waals surface area contributed by atoms with Gasteiger partial charge in [-0.3, -0.25) is 0 Å². The van der Waals surface area contributed by atoms with Gasteiger partial charge in [0.2, 0.25) is 0 Å². The topological polar surface area (TPSA) is 0 Å². The summed E-state index contributed by atoms with van der Waals surface area (Å²) in [6.45, 7) is 16.3. The van der Waals surface area contributed by atoms with Crippen LogP contribution in [0.4, 0.5) is 0 Å². The van der Waals surface area contributed by atoms with Gasteiger partial charge in [0.05, 0.1) is 0 Å². The van der Waals surface area contributed by atoms with Gasteiger partial charge >= 0.3 is 0 Å². The van der Waals surface area contributed by atoms with Gasteiger partial charge in [0.1, 0.15) is 0 Å². The second-order valence-corrected chi connectivity index (χ2v) is 7.40. The Labute approximate surface area is 114 Å². The number of hydrogen-bond donors (Lipinski definition) is 0. The average molecular weight is 246 g/mol. The molecule has 0 radical (unpaired) electrons. The lowest BCUT2D eigenvalue weighted by molar-refractivity contribution is 0.548. The van der Waals surface area contributed by atoms with Crippen LogP contribution in [0.1, 0.15) is 65.2 Å². The van der Waals surface area contributed by atoms with E-state index in [2.05, 4.69) is 66.7 Å². The van der Waals surface area contributed by atoms with Gasteiger partial charge in [-0.2, -0.15) is 0 Å². The Balaban J connectivity index is 3.26. The molecular formula is C18H30. The minimum absolute atomic E-state index is 0.246. The zero-order valence-corrected chi connectivity index (χ0v) is 13.3. The molecule has 0 atom stereocenters. The molecule has 0 saturated heterocycles. The summed E-state index contributed by atoms with van der Waals surface area (Å²) < 4.78 is 0. The molecule has 0 N–H and O–H groups in total. The van der Waals surface area contributed by atoms with Crippen molar-refractivity contribution < 1.29 is 0 Å². The van der Waals surface area contributed by atoms with Crippen LogP contribution in [0.15, 0.2) is 18.2 Å². The van der Waals surface area contributed by atoms with Crippen LogP contribution in [-0.2, 0) is 18.3 Å². The monoisotopic (exact) mass is 246 g/mol. The summed E-state index contributed by atoms with van der Waals surface area (Å²) >= 11 is 0. The van der Waals surface area contributed by atoms with Crippen molar-refractivity contribution in [2.45, 2.75) is 66.7 Å². The second-order valence-electron chi connectivity index (χ2n) is 7.40. The minimum atomic E-state index is 0.246. The molecule has 102 valence electrons. The highest BCUT2D eigenvalue weighted by molar-refractivity contribution is 5.40. The molecule has 0 saturated carbocycles. The number of hydrogen-bond acceptors (Lipinski definition) is 0. The summed E-state index contributed by atoms with van der Waals surface area (Å²) in [5.41, 5.74) is 4.94. The van der Waals surface area contributed by atoms with E-state index in [1.165, 1.54) is 12.8 Å². The highest BCUT2D eigenvalue weighted by Crippen LogP contribution is 2.32. The van der Waals surface area contributed by atoms with Gasteiger partial charge < -0.3 is 0 Å². The van der Waals surface area contributed by atoms with Gasteiger partial charge in [-0.25, -0.2) is 0 Å². The summed E-state index contributed by atoms with van der Waals surface area (Å²) in [6, 6.07) is 6.89.